The van der Waals surface area contributed by atoms with Crippen molar-refractivity contribution in [2.24, 2.45) is 0 Å². The molecule has 0 saturated carbocycles. The van der Waals surface area contributed by atoms with E-state index >= 15 is 0 Å². The number of anilines is 2. The van der Waals surface area contributed by atoms with Gasteiger partial charge in [0.05, 0.1) is 23.6 Å². The second kappa shape index (κ2) is 14.7. The molecule has 3 aromatic rings. The molecule has 1 aliphatic heterocycles. The Hall–Kier alpha value is -3.08. The summed E-state index contributed by atoms with van der Waals surface area (Å²) < 4.78 is 23.1. The lowest BCUT2D eigenvalue weighted by molar-refractivity contribution is 0.0831. The number of hydrogen-bond acceptors (Lipinski definition) is 7. The average Bonchev–Trinajstić information content (AvgIpc) is 2.96. The van der Waals surface area contributed by atoms with Crippen LogP contribution in [0.15, 0.2) is 72.8 Å². The fourth-order valence-electron chi connectivity index (χ4n) is 5.08. The first-order valence-corrected chi connectivity index (χ1v) is 16.1. The molecule has 8 nitrogen and oxygen atoms in total. The third-order valence-corrected chi connectivity index (χ3v) is 9.31. The predicted molar refractivity (Wildman–Crippen MR) is 170 cm³/mol. The molecule has 1 aliphatic rings. The molecule has 6 N–H and O–H groups in total. The first-order chi connectivity index (χ1) is 19.7. The highest BCUT2D eigenvalue weighted by Crippen LogP contribution is 2.50. The molecule has 0 bridgehead atoms. The summed E-state index contributed by atoms with van der Waals surface area (Å²) in [6, 6.07) is 23.0. The van der Waals surface area contributed by atoms with Gasteiger partial charge >= 0.3 is 0 Å². The molecule has 1 saturated heterocycles. The molecule has 0 aromatic heterocycles. The zero-order chi connectivity index (χ0) is 29.2. The molecule has 1 heterocycles. The predicted octanol–water partition coefficient (Wildman–Crippen LogP) is 5.23. The molecular formula is C32H44N4O4S. The number of carbonyl (C=O) groups excluding carboxylic acids is 1. The van der Waals surface area contributed by atoms with E-state index in [1.54, 1.807) is 16.4 Å². The maximum atomic E-state index is 13.6. The van der Waals surface area contributed by atoms with E-state index in [9.17, 15) is 19.0 Å². The summed E-state index contributed by atoms with van der Waals surface area (Å²) in [5.41, 5.74) is 5.20. The van der Waals surface area contributed by atoms with Crippen molar-refractivity contribution < 1.29 is 19.0 Å². The Kier molecular flexibility index (Phi) is 11.1. The zero-order valence-corrected chi connectivity index (χ0v) is 24.9. The minimum Gasteiger partial charge on any atom is -0.390 e. The van der Waals surface area contributed by atoms with Gasteiger partial charge in [-0.3, -0.25) is 18.2 Å². The van der Waals surface area contributed by atoms with Crippen LogP contribution in [0.3, 0.4) is 0 Å². The van der Waals surface area contributed by atoms with E-state index in [2.05, 4.69) is 47.1 Å². The van der Waals surface area contributed by atoms with E-state index in [0.717, 1.165) is 30.5 Å². The van der Waals surface area contributed by atoms with Gasteiger partial charge in [-0.2, -0.15) is 0 Å². The molecule has 1 amide bonds. The van der Waals surface area contributed by atoms with Crippen molar-refractivity contribution in [1.29, 1.82) is 0 Å². The summed E-state index contributed by atoms with van der Waals surface area (Å²) >= 11 is 0. The molecule has 0 unspecified atom stereocenters. The van der Waals surface area contributed by atoms with Gasteiger partial charge in [-0.05, 0) is 75.4 Å². The van der Waals surface area contributed by atoms with Gasteiger partial charge in [-0.15, -0.1) is 10.8 Å². The summed E-state index contributed by atoms with van der Waals surface area (Å²) in [4.78, 5) is 13.6. The van der Waals surface area contributed by atoms with Crippen LogP contribution in [0.2, 0.25) is 0 Å². The molecule has 0 radical (unpaired) electrons. The van der Waals surface area contributed by atoms with Gasteiger partial charge in [0.2, 0.25) is 0 Å². The van der Waals surface area contributed by atoms with Gasteiger partial charge in [0.1, 0.15) is 0 Å². The summed E-state index contributed by atoms with van der Waals surface area (Å²) in [7, 11) is -2.94. The van der Waals surface area contributed by atoms with Crippen LogP contribution in [0.5, 0.6) is 0 Å². The fourth-order valence-corrected chi connectivity index (χ4v) is 6.76. The Morgan fingerprint density at radius 2 is 1.76 bits per heavy atom. The van der Waals surface area contributed by atoms with Gasteiger partial charge in [-0.25, -0.2) is 0 Å². The Morgan fingerprint density at radius 1 is 1.00 bits per heavy atom. The number of aliphatic hydroxyl groups is 1. The second-order valence-electron chi connectivity index (χ2n) is 10.7. The zero-order valence-electron chi connectivity index (χ0n) is 24.1. The van der Waals surface area contributed by atoms with Crippen molar-refractivity contribution in [3.05, 3.63) is 95.1 Å². The van der Waals surface area contributed by atoms with Crippen molar-refractivity contribution in [2.45, 2.75) is 51.7 Å². The molecule has 222 valence electrons. The highest BCUT2D eigenvalue weighted by Gasteiger charge is 2.28. The van der Waals surface area contributed by atoms with Crippen LogP contribution in [-0.4, -0.2) is 64.2 Å². The quantitative estimate of drug-likeness (QED) is 0.153. The van der Waals surface area contributed by atoms with Crippen molar-refractivity contribution in [3.8, 4) is 0 Å². The lowest BCUT2D eigenvalue weighted by Gasteiger charge is -2.47. The highest BCUT2D eigenvalue weighted by atomic mass is 32.3. The van der Waals surface area contributed by atoms with Crippen LogP contribution >= 0.6 is 10.8 Å². The van der Waals surface area contributed by atoms with Crippen molar-refractivity contribution in [2.75, 3.05) is 41.6 Å². The Balaban J connectivity index is 1.48. The Morgan fingerprint density at radius 3 is 2.46 bits per heavy atom. The number of carbonyl (C=O) groups is 1. The molecule has 0 aliphatic carbocycles. The second-order valence-corrected chi connectivity index (χ2v) is 12.8. The van der Waals surface area contributed by atoms with Gasteiger partial charge in [0.15, 0.2) is 0 Å². The number of amides is 1. The Bertz CT molecular complexity index is 1260. The third kappa shape index (κ3) is 8.95. The number of nitrogens with one attached hydrogen (secondary N) is 3. The highest BCUT2D eigenvalue weighted by molar-refractivity contribution is 8.25. The SMILES string of the molecule is CCNc1cc(C(=O)N[C@@H](Cc2ccccc2)[C@@H](O)CNCCc2ccc(C)cc2)cc(N2CCCCS2(O)O)c1. The average molecular weight is 581 g/mol. The summed E-state index contributed by atoms with van der Waals surface area (Å²) in [5, 5.41) is 20.9. The summed E-state index contributed by atoms with van der Waals surface area (Å²) in [6.45, 7) is 6.26. The van der Waals surface area contributed by atoms with E-state index in [1.165, 1.54) is 11.1 Å². The molecule has 41 heavy (non-hydrogen) atoms. The number of aryl methyl sites for hydroxylation is 1. The van der Waals surface area contributed by atoms with Gasteiger partial charge in [0.25, 0.3) is 5.91 Å². The topological polar surface area (TPSA) is 117 Å². The van der Waals surface area contributed by atoms with E-state index in [0.29, 0.717) is 49.6 Å². The molecule has 1 fully saturated rings. The number of aliphatic hydroxyl groups excluding tert-OH is 1. The standard InChI is InChI=1S/C32H44N4O4S/c1-3-34-28-20-27(21-29(22-28)36-17-7-8-18-41(36,39)40)32(38)35-30(19-26-9-5-4-6-10-26)31(37)23-33-16-15-25-13-11-24(2)12-14-25/h4-6,9-14,20-22,30-31,33-34,37,39-40H,3,7-8,15-19,23H2,1-2H3,(H,35,38)/t30-,31-/m0/s1. The van der Waals surface area contributed by atoms with E-state index in [1.807, 2.05) is 43.3 Å². The van der Waals surface area contributed by atoms with Crippen molar-refractivity contribution in [1.82, 2.24) is 10.6 Å². The van der Waals surface area contributed by atoms with Gasteiger partial charge in [-0.1, -0.05) is 60.2 Å². The maximum Gasteiger partial charge on any atom is 0.251 e. The van der Waals surface area contributed by atoms with Crippen LogP contribution in [0.4, 0.5) is 11.4 Å². The molecule has 9 heteroatoms. The first kappa shape index (κ1) is 30.9. The molecule has 2 atom stereocenters. The number of benzene rings is 3. The van der Waals surface area contributed by atoms with E-state index < -0.39 is 22.9 Å². The third-order valence-electron chi connectivity index (χ3n) is 7.38. The van der Waals surface area contributed by atoms with E-state index in [4.69, 9.17) is 0 Å². The lowest BCUT2D eigenvalue weighted by atomic mass is 10.00. The Labute approximate surface area is 245 Å². The molecule has 3 aromatic carbocycles. The monoisotopic (exact) mass is 580 g/mol. The van der Waals surface area contributed by atoms with Crippen LogP contribution in [-0.2, 0) is 12.8 Å². The van der Waals surface area contributed by atoms with Crippen LogP contribution < -0.4 is 20.3 Å². The van der Waals surface area contributed by atoms with Gasteiger partial charge in [0, 0.05) is 30.9 Å². The fraction of sp³-hybridized carbons (Fsp3) is 0.406. The summed E-state index contributed by atoms with van der Waals surface area (Å²) in [6.07, 6.45) is 2.11. The normalized spacial score (nSPS) is 17.0. The minimum absolute atomic E-state index is 0.320. The van der Waals surface area contributed by atoms with Crippen LogP contribution in [0.1, 0.15) is 46.8 Å². The number of nitrogens with zero attached hydrogens (tertiary/aromatic N) is 1. The van der Waals surface area contributed by atoms with Crippen LogP contribution in [0, 0.1) is 6.92 Å². The van der Waals surface area contributed by atoms with E-state index in [-0.39, 0.29) is 5.91 Å². The van der Waals surface area contributed by atoms with Crippen molar-refractivity contribution in [3.63, 3.8) is 0 Å². The molecular weight excluding hydrogens is 536 g/mol. The molecule has 0 spiro atoms. The maximum absolute atomic E-state index is 13.6. The minimum atomic E-state index is -2.94. The number of hydrogen-bond donors (Lipinski definition) is 6. The van der Waals surface area contributed by atoms with Crippen molar-refractivity contribution >= 4 is 28.1 Å². The van der Waals surface area contributed by atoms with Gasteiger partial charge < -0.3 is 21.1 Å². The first-order valence-electron chi connectivity index (χ1n) is 14.5. The smallest absolute Gasteiger partial charge is 0.251 e. The number of rotatable bonds is 13. The largest absolute Gasteiger partial charge is 0.390 e. The molecule has 4 rings (SSSR count). The van der Waals surface area contributed by atoms with Crippen LogP contribution in [0.25, 0.3) is 0 Å². The lowest BCUT2D eigenvalue weighted by Crippen LogP contribution is -2.49. The summed E-state index contributed by atoms with van der Waals surface area (Å²) in [5.74, 6) is 0.00139.